The van der Waals surface area contributed by atoms with E-state index in [2.05, 4.69) is 12.2 Å². The van der Waals surface area contributed by atoms with Crippen molar-refractivity contribution in [2.75, 3.05) is 6.54 Å². The number of fused-ring (bicyclic) bond motifs is 1. The monoisotopic (exact) mass is 167 g/mol. The quantitative estimate of drug-likeness (QED) is 0.679. The first kappa shape index (κ1) is 8.09. The number of carbonyl (C=O) groups is 1. The summed E-state index contributed by atoms with van der Waals surface area (Å²) in [7, 11) is 0. The van der Waals surface area contributed by atoms with Gasteiger partial charge in [-0.3, -0.25) is 4.79 Å². The Morgan fingerprint density at radius 2 is 2.00 bits per heavy atom. The summed E-state index contributed by atoms with van der Waals surface area (Å²) in [6, 6.07) is 0. The van der Waals surface area contributed by atoms with Crippen molar-refractivity contribution in [2.45, 2.75) is 32.6 Å². The molecule has 2 fully saturated rings. The molecule has 0 bridgehead atoms. The number of rotatable bonds is 3. The van der Waals surface area contributed by atoms with Crippen LogP contribution in [-0.2, 0) is 4.79 Å². The second-order valence-corrected chi connectivity index (χ2v) is 4.22. The Morgan fingerprint density at radius 1 is 1.33 bits per heavy atom. The Balaban J connectivity index is 1.73. The number of hydrogen-bond donors (Lipinski definition) is 1. The normalized spacial score (nSPS) is 37.6. The van der Waals surface area contributed by atoms with Crippen molar-refractivity contribution in [3.63, 3.8) is 0 Å². The van der Waals surface area contributed by atoms with Crippen molar-refractivity contribution < 1.29 is 4.79 Å². The fourth-order valence-corrected chi connectivity index (χ4v) is 2.32. The van der Waals surface area contributed by atoms with Crippen LogP contribution in [0.15, 0.2) is 0 Å². The average Bonchev–Trinajstić information content (AvgIpc) is 2.69. The highest BCUT2D eigenvalue weighted by Crippen LogP contribution is 2.54. The maximum atomic E-state index is 11.5. The first-order valence-electron chi connectivity index (χ1n) is 5.09. The summed E-state index contributed by atoms with van der Waals surface area (Å²) in [6.45, 7) is 2.94. The standard InChI is InChI=1S/C10H17NO/c1-2-3-11-10(12)9-5-7-4-8(7)6-9/h7-9H,2-6H2,1H3,(H,11,12). The molecule has 0 aliphatic heterocycles. The van der Waals surface area contributed by atoms with Crippen LogP contribution in [0.5, 0.6) is 0 Å². The molecule has 2 atom stereocenters. The van der Waals surface area contributed by atoms with E-state index in [9.17, 15) is 4.79 Å². The van der Waals surface area contributed by atoms with Crippen LogP contribution in [-0.4, -0.2) is 12.5 Å². The van der Waals surface area contributed by atoms with Gasteiger partial charge in [-0.2, -0.15) is 0 Å². The molecule has 0 aromatic rings. The molecule has 0 spiro atoms. The highest BCUT2D eigenvalue weighted by molar-refractivity contribution is 5.79. The van der Waals surface area contributed by atoms with Gasteiger partial charge in [-0.15, -0.1) is 0 Å². The first-order chi connectivity index (χ1) is 5.81. The zero-order chi connectivity index (χ0) is 8.55. The van der Waals surface area contributed by atoms with E-state index in [1.807, 2.05) is 0 Å². The van der Waals surface area contributed by atoms with E-state index in [0.29, 0.717) is 11.8 Å². The second kappa shape index (κ2) is 3.08. The SMILES string of the molecule is CCCNC(=O)C1CC2CC2C1. The van der Waals surface area contributed by atoms with Crippen LogP contribution in [0, 0.1) is 17.8 Å². The topological polar surface area (TPSA) is 29.1 Å². The third kappa shape index (κ3) is 1.47. The maximum absolute atomic E-state index is 11.5. The highest BCUT2D eigenvalue weighted by atomic mass is 16.1. The largest absolute Gasteiger partial charge is 0.356 e. The zero-order valence-corrected chi connectivity index (χ0v) is 7.68. The van der Waals surface area contributed by atoms with E-state index in [1.165, 1.54) is 19.3 Å². The minimum absolute atomic E-state index is 0.309. The number of amides is 1. The fourth-order valence-electron chi connectivity index (χ4n) is 2.32. The van der Waals surface area contributed by atoms with Crippen LogP contribution in [0.1, 0.15) is 32.6 Å². The minimum Gasteiger partial charge on any atom is -0.356 e. The average molecular weight is 167 g/mol. The lowest BCUT2D eigenvalue weighted by Gasteiger charge is -2.10. The van der Waals surface area contributed by atoms with Gasteiger partial charge in [0.15, 0.2) is 0 Å². The lowest BCUT2D eigenvalue weighted by atomic mass is 10.0. The predicted octanol–water partition coefficient (Wildman–Crippen LogP) is 1.56. The summed E-state index contributed by atoms with van der Waals surface area (Å²) in [5.74, 6) is 2.51. The maximum Gasteiger partial charge on any atom is 0.223 e. The molecule has 0 aromatic carbocycles. The summed E-state index contributed by atoms with van der Waals surface area (Å²) in [5, 5.41) is 2.98. The lowest BCUT2D eigenvalue weighted by molar-refractivity contribution is -0.125. The molecule has 2 aliphatic carbocycles. The fraction of sp³-hybridized carbons (Fsp3) is 0.900. The van der Waals surface area contributed by atoms with Gasteiger partial charge in [0, 0.05) is 12.5 Å². The molecule has 2 nitrogen and oxygen atoms in total. The van der Waals surface area contributed by atoms with Crippen molar-refractivity contribution >= 4 is 5.91 Å². The summed E-state index contributed by atoms with van der Waals surface area (Å²) >= 11 is 0. The molecule has 12 heavy (non-hydrogen) atoms. The Morgan fingerprint density at radius 3 is 2.58 bits per heavy atom. The molecule has 1 amide bonds. The van der Waals surface area contributed by atoms with Gasteiger partial charge in [0.25, 0.3) is 0 Å². The van der Waals surface area contributed by atoms with Gasteiger partial charge < -0.3 is 5.32 Å². The molecule has 0 saturated heterocycles. The molecule has 2 rings (SSSR count). The van der Waals surface area contributed by atoms with Gasteiger partial charge >= 0.3 is 0 Å². The molecule has 1 N–H and O–H groups in total. The Bertz CT molecular complexity index is 180. The van der Waals surface area contributed by atoms with Gasteiger partial charge in [0.2, 0.25) is 5.91 Å². The summed E-state index contributed by atoms with van der Waals surface area (Å²) in [4.78, 5) is 11.5. The van der Waals surface area contributed by atoms with Crippen molar-refractivity contribution in [3.05, 3.63) is 0 Å². The molecule has 68 valence electrons. The van der Waals surface area contributed by atoms with Crippen LogP contribution in [0.25, 0.3) is 0 Å². The molecule has 2 saturated carbocycles. The Labute approximate surface area is 73.7 Å². The Hall–Kier alpha value is -0.530. The van der Waals surface area contributed by atoms with Crippen molar-refractivity contribution in [1.82, 2.24) is 5.32 Å². The smallest absolute Gasteiger partial charge is 0.223 e. The summed E-state index contributed by atoms with van der Waals surface area (Å²) < 4.78 is 0. The van der Waals surface area contributed by atoms with E-state index in [-0.39, 0.29) is 0 Å². The molecule has 0 radical (unpaired) electrons. The summed E-state index contributed by atoms with van der Waals surface area (Å²) in [6.07, 6.45) is 4.78. The van der Waals surface area contributed by atoms with E-state index < -0.39 is 0 Å². The van der Waals surface area contributed by atoms with E-state index in [0.717, 1.165) is 24.8 Å². The number of nitrogens with one attached hydrogen (secondary N) is 1. The third-order valence-electron chi connectivity index (χ3n) is 3.16. The van der Waals surface area contributed by atoms with Crippen LogP contribution >= 0.6 is 0 Å². The highest BCUT2D eigenvalue weighted by Gasteiger charge is 2.47. The van der Waals surface area contributed by atoms with Crippen molar-refractivity contribution in [1.29, 1.82) is 0 Å². The molecular weight excluding hydrogens is 150 g/mol. The molecule has 2 heteroatoms. The van der Waals surface area contributed by atoms with Crippen LogP contribution < -0.4 is 5.32 Å². The molecule has 2 unspecified atom stereocenters. The van der Waals surface area contributed by atoms with Crippen LogP contribution in [0.4, 0.5) is 0 Å². The summed E-state index contributed by atoms with van der Waals surface area (Å²) in [5.41, 5.74) is 0. The van der Waals surface area contributed by atoms with Gasteiger partial charge in [-0.25, -0.2) is 0 Å². The van der Waals surface area contributed by atoms with Crippen LogP contribution in [0.2, 0.25) is 0 Å². The van der Waals surface area contributed by atoms with E-state index in [1.54, 1.807) is 0 Å². The number of carbonyl (C=O) groups excluding carboxylic acids is 1. The van der Waals surface area contributed by atoms with Crippen LogP contribution in [0.3, 0.4) is 0 Å². The van der Waals surface area contributed by atoms with Crippen molar-refractivity contribution in [3.8, 4) is 0 Å². The third-order valence-corrected chi connectivity index (χ3v) is 3.16. The Kier molecular flexibility index (Phi) is 2.07. The lowest BCUT2D eigenvalue weighted by Crippen LogP contribution is -2.30. The second-order valence-electron chi connectivity index (χ2n) is 4.22. The predicted molar refractivity (Wildman–Crippen MR) is 47.6 cm³/mol. The molecule has 2 aliphatic rings. The molecule has 0 aromatic heterocycles. The number of hydrogen-bond acceptors (Lipinski definition) is 1. The van der Waals surface area contributed by atoms with Gasteiger partial charge in [0.05, 0.1) is 0 Å². The van der Waals surface area contributed by atoms with Gasteiger partial charge in [0.1, 0.15) is 0 Å². The van der Waals surface area contributed by atoms with Gasteiger partial charge in [-0.05, 0) is 37.5 Å². The van der Waals surface area contributed by atoms with Crippen molar-refractivity contribution in [2.24, 2.45) is 17.8 Å². The van der Waals surface area contributed by atoms with E-state index in [4.69, 9.17) is 0 Å². The van der Waals surface area contributed by atoms with E-state index >= 15 is 0 Å². The first-order valence-corrected chi connectivity index (χ1v) is 5.09. The minimum atomic E-state index is 0.309. The molecule has 0 heterocycles. The molecular formula is C10H17NO. The zero-order valence-electron chi connectivity index (χ0n) is 7.68. The van der Waals surface area contributed by atoms with Gasteiger partial charge in [-0.1, -0.05) is 6.92 Å².